The summed E-state index contributed by atoms with van der Waals surface area (Å²) in [4.78, 5) is 23.3. The van der Waals surface area contributed by atoms with Gasteiger partial charge in [-0.25, -0.2) is 0 Å². The fourth-order valence-corrected chi connectivity index (χ4v) is 4.54. The van der Waals surface area contributed by atoms with Crippen LogP contribution in [0.25, 0.3) is 0 Å². The normalized spacial score (nSPS) is 37.1. The van der Waals surface area contributed by atoms with Crippen molar-refractivity contribution in [3.63, 3.8) is 0 Å². The van der Waals surface area contributed by atoms with Crippen molar-refractivity contribution in [2.75, 3.05) is 0 Å². The van der Waals surface area contributed by atoms with Gasteiger partial charge >= 0.3 is 11.9 Å². The quantitative estimate of drug-likeness (QED) is 0.810. The summed E-state index contributed by atoms with van der Waals surface area (Å²) in [6.45, 7) is 2.07. The van der Waals surface area contributed by atoms with Crippen molar-refractivity contribution in [2.24, 2.45) is 29.6 Å². The fraction of sp³-hybridized carbons (Fsp3) is 0.875. The lowest BCUT2D eigenvalue weighted by Crippen LogP contribution is -2.47. The van der Waals surface area contributed by atoms with Gasteiger partial charge in [-0.2, -0.15) is 0 Å². The van der Waals surface area contributed by atoms with Gasteiger partial charge in [-0.05, 0) is 37.0 Å². The summed E-state index contributed by atoms with van der Waals surface area (Å²) >= 11 is 0. The highest BCUT2D eigenvalue weighted by atomic mass is 16.4. The number of aliphatic carboxylic acids is 2. The van der Waals surface area contributed by atoms with Crippen molar-refractivity contribution in [1.82, 2.24) is 0 Å². The third-order valence-corrected chi connectivity index (χ3v) is 5.46. The van der Waals surface area contributed by atoms with Gasteiger partial charge in [-0.15, -0.1) is 0 Å². The SMILES string of the molecule is CCCCC1C(C(=O)O)CC2CCCCC2C1C(=O)O. The second-order valence-electron chi connectivity index (χ2n) is 6.56. The molecule has 0 aromatic carbocycles. The molecule has 2 aliphatic carbocycles. The lowest BCUT2D eigenvalue weighted by molar-refractivity contribution is -0.160. The number of carboxylic acid groups (broad SMARTS) is 2. The Hall–Kier alpha value is -1.06. The predicted octanol–water partition coefficient (Wildman–Crippen LogP) is 3.40. The summed E-state index contributed by atoms with van der Waals surface area (Å²) in [5.41, 5.74) is 0. The third kappa shape index (κ3) is 2.99. The number of carboxylic acids is 2. The van der Waals surface area contributed by atoms with Crippen LogP contribution in [0.1, 0.15) is 58.3 Å². The van der Waals surface area contributed by atoms with Gasteiger partial charge in [-0.1, -0.05) is 39.0 Å². The van der Waals surface area contributed by atoms with E-state index in [-0.39, 0.29) is 11.8 Å². The average Bonchev–Trinajstić information content (AvgIpc) is 2.42. The van der Waals surface area contributed by atoms with E-state index >= 15 is 0 Å². The Balaban J connectivity index is 2.25. The molecule has 0 aromatic heterocycles. The Kier molecular flexibility index (Phi) is 5.06. The Labute approximate surface area is 120 Å². The summed E-state index contributed by atoms with van der Waals surface area (Å²) in [5.74, 6) is -2.12. The van der Waals surface area contributed by atoms with Crippen LogP contribution in [0.4, 0.5) is 0 Å². The molecule has 2 rings (SSSR count). The maximum atomic E-state index is 11.8. The van der Waals surface area contributed by atoms with Crippen molar-refractivity contribution in [3.8, 4) is 0 Å². The van der Waals surface area contributed by atoms with E-state index in [1.165, 1.54) is 0 Å². The van der Waals surface area contributed by atoms with E-state index in [4.69, 9.17) is 0 Å². The van der Waals surface area contributed by atoms with Crippen LogP contribution in [0.15, 0.2) is 0 Å². The van der Waals surface area contributed by atoms with Gasteiger partial charge in [0.05, 0.1) is 11.8 Å². The molecule has 0 aliphatic heterocycles. The lowest BCUT2D eigenvalue weighted by atomic mass is 9.57. The highest BCUT2D eigenvalue weighted by molar-refractivity contribution is 5.75. The van der Waals surface area contributed by atoms with Crippen molar-refractivity contribution in [2.45, 2.75) is 58.3 Å². The molecule has 2 N–H and O–H groups in total. The molecule has 0 radical (unpaired) electrons. The van der Waals surface area contributed by atoms with Crippen LogP contribution in [0.2, 0.25) is 0 Å². The third-order valence-electron chi connectivity index (χ3n) is 5.46. The molecule has 0 saturated heterocycles. The van der Waals surface area contributed by atoms with Crippen molar-refractivity contribution >= 4 is 11.9 Å². The largest absolute Gasteiger partial charge is 0.481 e. The molecule has 2 saturated carbocycles. The topological polar surface area (TPSA) is 74.6 Å². The van der Waals surface area contributed by atoms with Crippen molar-refractivity contribution in [1.29, 1.82) is 0 Å². The zero-order valence-electron chi connectivity index (χ0n) is 12.3. The number of rotatable bonds is 5. The molecule has 0 aromatic rings. The molecule has 5 unspecified atom stereocenters. The molecule has 4 nitrogen and oxygen atoms in total. The van der Waals surface area contributed by atoms with Crippen LogP contribution in [-0.2, 0) is 9.59 Å². The molecule has 5 atom stereocenters. The Morgan fingerprint density at radius 3 is 2.40 bits per heavy atom. The highest BCUT2D eigenvalue weighted by Gasteiger charge is 2.50. The van der Waals surface area contributed by atoms with Crippen LogP contribution in [0.5, 0.6) is 0 Å². The standard InChI is InChI=1S/C16H26O4/c1-2-3-7-12-13(15(17)18)9-10-6-4-5-8-11(10)14(12)16(19)20/h10-14H,2-9H2,1H3,(H,17,18)(H,19,20). The van der Waals surface area contributed by atoms with Crippen molar-refractivity contribution in [3.05, 3.63) is 0 Å². The monoisotopic (exact) mass is 282 g/mol. The second-order valence-corrected chi connectivity index (χ2v) is 6.56. The first-order valence-corrected chi connectivity index (χ1v) is 8.01. The van der Waals surface area contributed by atoms with Crippen LogP contribution >= 0.6 is 0 Å². The highest BCUT2D eigenvalue weighted by Crippen LogP contribution is 2.50. The number of carbonyl (C=O) groups is 2. The van der Waals surface area contributed by atoms with Gasteiger partial charge in [0.2, 0.25) is 0 Å². The Bertz CT molecular complexity index is 365. The number of fused-ring (bicyclic) bond motifs is 1. The summed E-state index contributed by atoms with van der Waals surface area (Å²) in [7, 11) is 0. The lowest BCUT2D eigenvalue weighted by Gasteiger charge is -2.46. The maximum absolute atomic E-state index is 11.8. The molecule has 2 fully saturated rings. The van der Waals surface area contributed by atoms with E-state index in [0.29, 0.717) is 12.3 Å². The van der Waals surface area contributed by atoms with E-state index in [1.54, 1.807) is 0 Å². The van der Waals surface area contributed by atoms with Gasteiger partial charge in [0.15, 0.2) is 0 Å². The summed E-state index contributed by atoms with van der Waals surface area (Å²) in [6.07, 6.45) is 7.56. The fourth-order valence-electron chi connectivity index (χ4n) is 4.54. The Morgan fingerprint density at radius 1 is 1.10 bits per heavy atom. The van der Waals surface area contributed by atoms with Gasteiger partial charge in [0.1, 0.15) is 0 Å². The molecule has 2 aliphatic rings. The molecule has 20 heavy (non-hydrogen) atoms. The maximum Gasteiger partial charge on any atom is 0.307 e. The molecule has 0 bridgehead atoms. The smallest absolute Gasteiger partial charge is 0.307 e. The minimum Gasteiger partial charge on any atom is -0.481 e. The zero-order valence-corrected chi connectivity index (χ0v) is 12.3. The summed E-state index contributed by atoms with van der Waals surface area (Å²) < 4.78 is 0. The second kappa shape index (κ2) is 6.59. The van der Waals surface area contributed by atoms with Crippen LogP contribution < -0.4 is 0 Å². The van der Waals surface area contributed by atoms with Crippen LogP contribution in [-0.4, -0.2) is 22.2 Å². The average molecular weight is 282 g/mol. The van der Waals surface area contributed by atoms with Gasteiger partial charge in [-0.3, -0.25) is 9.59 Å². The molecule has 0 heterocycles. The van der Waals surface area contributed by atoms with Gasteiger partial charge < -0.3 is 10.2 Å². The zero-order chi connectivity index (χ0) is 14.7. The van der Waals surface area contributed by atoms with Crippen LogP contribution in [0, 0.1) is 29.6 Å². The molecular formula is C16H26O4. The molecular weight excluding hydrogens is 256 g/mol. The van der Waals surface area contributed by atoms with Gasteiger partial charge in [0.25, 0.3) is 0 Å². The number of hydrogen-bond acceptors (Lipinski definition) is 2. The minimum atomic E-state index is -0.790. The van der Waals surface area contributed by atoms with E-state index in [2.05, 4.69) is 6.92 Å². The van der Waals surface area contributed by atoms with E-state index in [1.807, 2.05) is 0 Å². The van der Waals surface area contributed by atoms with E-state index < -0.39 is 23.8 Å². The van der Waals surface area contributed by atoms with Crippen molar-refractivity contribution < 1.29 is 19.8 Å². The first kappa shape index (κ1) is 15.3. The summed E-state index contributed by atoms with van der Waals surface area (Å²) in [6, 6.07) is 0. The predicted molar refractivity (Wildman–Crippen MR) is 75.3 cm³/mol. The van der Waals surface area contributed by atoms with Crippen LogP contribution in [0.3, 0.4) is 0 Å². The Morgan fingerprint density at radius 2 is 1.80 bits per heavy atom. The van der Waals surface area contributed by atoms with Gasteiger partial charge in [0, 0.05) is 0 Å². The van der Waals surface area contributed by atoms with E-state index in [0.717, 1.165) is 44.9 Å². The first-order valence-electron chi connectivity index (χ1n) is 8.01. The molecule has 0 amide bonds. The molecule has 0 spiro atoms. The first-order chi connectivity index (χ1) is 9.56. The summed E-state index contributed by atoms with van der Waals surface area (Å²) in [5, 5.41) is 19.2. The minimum absolute atomic E-state index is 0.177. The number of hydrogen-bond donors (Lipinski definition) is 2. The molecule has 114 valence electrons. The number of unbranched alkanes of at least 4 members (excludes halogenated alkanes) is 1. The molecule has 4 heteroatoms. The van der Waals surface area contributed by atoms with E-state index in [9.17, 15) is 19.8 Å².